The molecular formula is C16H23NO5Si. The van der Waals surface area contributed by atoms with E-state index in [4.69, 9.17) is 9.16 Å². The van der Waals surface area contributed by atoms with E-state index in [0.717, 1.165) is 0 Å². The number of esters is 1. The highest BCUT2D eigenvalue weighted by molar-refractivity contribution is 6.74. The van der Waals surface area contributed by atoms with Crippen molar-refractivity contribution in [2.24, 2.45) is 0 Å². The Morgan fingerprint density at radius 1 is 1.30 bits per heavy atom. The van der Waals surface area contributed by atoms with Crippen LogP contribution >= 0.6 is 0 Å². The first-order valence-electron chi connectivity index (χ1n) is 7.21. The second kappa shape index (κ2) is 6.95. The standard InChI is InChI=1S/C16H23NO5Si/c1-16(2,3)23(5,6)22-14(15(18)21-4)11-12-8-7-9-13(10-12)17(19)20/h7-11H,1-6H3/b14-11-. The van der Waals surface area contributed by atoms with Gasteiger partial charge in [0.2, 0.25) is 0 Å². The van der Waals surface area contributed by atoms with Crippen LogP contribution < -0.4 is 0 Å². The van der Waals surface area contributed by atoms with Gasteiger partial charge in [-0.25, -0.2) is 4.79 Å². The fraction of sp³-hybridized carbons (Fsp3) is 0.438. The molecule has 0 aliphatic heterocycles. The molecule has 7 heteroatoms. The molecule has 0 aliphatic carbocycles. The van der Waals surface area contributed by atoms with Crippen molar-refractivity contribution >= 4 is 26.1 Å². The van der Waals surface area contributed by atoms with Crippen molar-refractivity contribution in [2.45, 2.75) is 38.9 Å². The number of benzene rings is 1. The number of non-ortho nitro benzene ring substituents is 1. The van der Waals surface area contributed by atoms with E-state index >= 15 is 0 Å². The van der Waals surface area contributed by atoms with Gasteiger partial charge in [0.05, 0.1) is 12.0 Å². The van der Waals surface area contributed by atoms with Crippen LogP contribution in [-0.2, 0) is 14.0 Å². The Labute approximate surface area is 137 Å². The molecule has 0 unspecified atom stereocenters. The smallest absolute Gasteiger partial charge is 0.371 e. The average Bonchev–Trinajstić information content (AvgIpc) is 2.44. The van der Waals surface area contributed by atoms with E-state index in [1.807, 2.05) is 13.1 Å². The summed E-state index contributed by atoms with van der Waals surface area (Å²) in [4.78, 5) is 22.4. The monoisotopic (exact) mass is 337 g/mol. The van der Waals surface area contributed by atoms with Gasteiger partial charge in [0.1, 0.15) is 0 Å². The van der Waals surface area contributed by atoms with Crippen LogP contribution in [0.15, 0.2) is 30.0 Å². The van der Waals surface area contributed by atoms with Gasteiger partial charge in [-0.15, -0.1) is 0 Å². The molecule has 1 rings (SSSR count). The molecule has 0 spiro atoms. The summed E-state index contributed by atoms with van der Waals surface area (Å²) in [7, 11) is -0.963. The Balaban J connectivity index is 3.24. The van der Waals surface area contributed by atoms with E-state index in [0.29, 0.717) is 5.56 Å². The van der Waals surface area contributed by atoms with Gasteiger partial charge in [0.25, 0.3) is 14.0 Å². The topological polar surface area (TPSA) is 78.7 Å². The molecule has 6 nitrogen and oxygen atoms in total. The van der Waals surface area contributed by atoms with Crippen molar-refractivity contribution in [1.82, 2.24) is 0 Å². The van der Waals surface area contributed by atoms with Crippen LogP contribution in [0.5, 0.6) is 0 Å². The first-order chi connectivity index (χ1) is 10.5. The highest BCUT2D eigenvalue weighted by Crippen LogP contribution is 2.38. The molecule has 126 valence electrons. The number of nitro benzene ring substituents is 1. The van der Waals surface area contributed by atoms with Crippen molar-refractivity contribution in [3.8, 4) is 0 Å². The van der Waals surface area contributed by atoms with Crippen LogP contribution in [0.4, 0.5) is 5.69 Å². The number of methoxy groups -OCH3 is 1. The first-order valence-corrected chi connectivity index (χ1v) is 10.1. The lowest BCUT2D eigenvalue weighted by Gasteiger charge is -2.36. The molecule has 23 heavy (non-hydrogen) atoms. The predicted octanol–water partition coefficient (Wildman–Crippen LogP) is 4.13. The van der Waals surface area contributed by atoms with Gasteiger partial charge in [-0.05, 0) is 29.8 Å². The Bertz CT molecular complexity index is 632. The van der Waals surface area contributed by atoms with Crippen LogP contribution in [0.1, 0.15) is 26.3 Å². The van der Waals surface area contributed by atoms with Gasteiger partial charge in [-0.1, -0.05) is 32.9 Å². The molecule has 0 saturated carbocycles. The van der Waals surface area contributed by atoms with Crippen molar-refractivity contribution in [1.29, 1.82) is 0 Å². The number of hydrogen-bond donors (Lipinski definition) is 0. The molecule has 0 atom stereocenters. The number of nitro groups is 1. The summed E-state index contributed by atoms with van der Waals surface area (Å²) in [5.74, 6) is -0.527. The first kappa shape index (κ1) is 18.9. The van der Waals surface area contributed by atoms with Gasteiger partial charge in [0.15, 0.2) is 5.76 Å². The number of hydrogen-bond acceptors (Lipinski definition) is 5. The lowest BCUT2D eigenvalue weighted by Crippen LogP contribution is -2.41. The fourth-order valence-electron chi connectivity index (χ4n) is 1.54. The molecule has 0 radical (unpaired) electrons. The van der Waals surface area contributed by atoms with Gasteiger partial charge >= 0.3 is 5.97 Å². The number of nitrogens with zero attached hydrogens (tertiary/aromatic N) is 1. The van der Waals surface area contributed by atoms with Crippen molar-refractivity contribution < 1.29 is 18.9 Å². The highest BCUT2D eigenvalue weighted by Gasteiger charge is 2.40. The summed E-state index contributed by atoms with van der Waals surface area (Å²) in [5.41, 5.74) is 0.466. The van der Waals surface area contributed by atoms with Crippen molar-refractivity contribution in [3.05, 3.63) is 45.7 Å². The molecule has 0 saturated heterocycles. The summed E-state index contributed by atoms with van der Waals surface area (Å²) < 4.78 is 10.8. The van der Waals surface area contributed by atoms with E-state index in [9.17, 15) is 14.9 Å². The minimum atomic E-state index is -2.24. The Kier molecular flexibility index (Phi) is 5.71. The molecule has 0 N–H and O–H groups in total. The summed E-state index contributed by atoms with van der Waals surface area (Å²) in [6.45, 7) is 10.2. The van der Waals surface area contributed by atoms with Crippen LogP contribution in [0.2, 0.25) is 18.1 Å². The SMILES string of the molecule is COC(=O)/C(=C/c1cccc([N+](=O)[O-])c1)O[Si](C)(C)C(C)(C)C. The molecule has 1 aromatic rings. The van der Waals surface area contributed by atoms with Crippen LogP contribution in [0.25, 0.3) is 6.08 Å². The van der Waals surface area contributed by atoms with E-state index < -0.39 is 19.2 Å². The zero-order chi connectivity index (χ0) is 17.8. The summed E-state index contributed by atoms with van der Waals surface area (Å²) in [6.07, 6.45) is 1.49. The normalized spacial score (nSPS) is 12.7. The maximum atomic E-state index is 12.0. The molecule has 0 aliphatic rings. The Hall–Kier alpha value is -2.15. The van der Waals surface area contributed by atoms with E-state index in [2.05, 4.69) is 20.8 Å². The van der Waals surface area contributed by atoms with Crippen LogP contribution in [0, 0.1) is 10.1 Å². The molecular weight excluding hydrogens is 314 g/mol. The van der Waals surface area contributed by atoms with Gasteiger partial charge in [0, 0.05) is 12.1 Å². The fourth-order valence-corrected chi connectivity index (χ4v) is 2.54. The maximum absolute atomic E-state index is 12.0. The van der Waals surface area contributed by atoms with E-state index in [-0.39, 0.29) is 16.5 Å². The van der Waals surface area contributed by atoms with Gasteiger partial charge in [-0.2, -0.15) is 0 Å². The second-order valence-corrected chi connectivity index (χ2v) is 11.4. The largest absolute Gasteiger partial charge is 0.539 e. The third kappa shape index (κ3) is 4.92. The lowest BCUT2D eigenvalue weighted by molar-refractivity contribution is -0.384. The maximum Gasteiger partial charge on any atom is 0.371 e. The third-order valence-corrected chi connectivity index (χ3v) is 8.28. The number of carbonyl (C=O) groups is 1. The molecule has 0 bridgehead atoms. The minimum absolute atomic E-state index is 0.0460. The minimum Gasteiger partial charge on any atom is -0.539 e. The predicted molar refractivity (Wildman–Crippen MR) is 91.4 cm³/mol. The molecule has 0 amide bonds. The average molecular weight is 337 g/mol. The van der Waals surface area contributed by atoms with Crippen molar-refractivity contribution in [3.63, 3.8) is 0 Å². The van der Waals surface area contributed by atoms with E-state index in [1.54, 1.807) is 12.1 Å². The Morgan fingerprint density at radius 2 is 1.91 bits per heavy atom. The second-order valence-electron chi connectivity index (χ2n) is 6.71. The summed E-state index contributed by atoms with van der Waals surface area (Å²) >= 11 is 0. The van der Waals surface area contributed by atoms with E-state index in [1.165, 1.54) is 25.3 Å². The summed E-state index contributed by atoms with van der Waals surface area (Å²) in [6, 6.07) is 6.01. The molecule has 0 aromatic heterocycles. The third-order valence-electron chi connectivity index (χ3n) is 3.94. The molecule has 0 heterocycles. The lowest BCUT2D eigenvalue weighted by atomic mass is 10.2. The number of ether oxygens (including phenoxy) is 1. The summed E-state index contributed by atoms with van der Waals surface area (Å²) in [5, 5.41) is 10.8. The van der Waals surface area contributed by atoms with Crippen LogP contribution in [0.3, 0.4) is 0 Å². The van der Waals surface area contributed by atoms with Gasteiger partial charge < -0.3 is 9.16 Å². The number of carbonyl (C=O) groups excluding carboxylic acids is 1. The molecule has 0 fully saturated rings. The van der Waals surface area contributed by atoms with Crippen LogP contribution in [-0.4, -0.2) is 26.3 Å². The zero-order valence-corrected chi connectivity index (χ0v) is 15.4. The van der Waals surface area contributed by atoms with Gasteiger partial charge in [-0.3, -0.25) is 10.1 Å². The highest BCUT2D eigenvalue weighted by atomic mass is 28.4. The number of rotatable bonds is 5. The quantitative estimate of drug-likeness (QED) is 0.202. The Morgan fingerprint density at radius 3 is 2.39 bits per heavy atom. The zero-order valence-electron chi connectivity index (χ0n) is 14.4. The van der Waals surface area contributed by atoms with Crippen molar-refractivity contribution in [2.75, 3.05) is 7.11 Å². The molecule has 1 aromatic carbocycles.